The van der Waals surface area contributed by atoms with Gasteiger partial charge in [-0.3, -0.25) is 4.79 Å². The monoisotopic (exact) mass is 272 g/mol. The Bertz CT molecular complexity index is 549. The third-order valence-corrected chi connectivity index (χ3v) is 5.03. The molecule has 4 heteroatoms. The van der Waals surface area contributed by atoms with Gasteiger partial charge in [0, 0.05) is 30.6 Å². The van der Waals surface area contributed by atoms with E-state index < -0.39 is 0 Å². The van der Waals surface area contributed by atoms with Gasteiger partial charge in [-0.15, -0.1) is 0 Å². The molecule has 1 N–H and O–H groups in total. The zero-order valence-corrected chi connectivity index (χ0v) is 11.7. The number of hydrogen-bond donors (Lipinski definition) is 1. The van der Waals surface area contributed by atoms with Crippen LogP contribution in [0.2, 0.25) is 0 Å². The summed E-state index contributed by atoms with van der Waals surface area (Å²) in [7, 11) is 0. The summed E-state index contributed by atoms with van der Waals surface area (Å²) in [6.07, 6.45) is 2.34. The minimum atomic E-state index is 0.184. The molecule has 3 aliphatic rings. The molecule has 1 unspecified atom stereocenters. The van der Waals surface area contributed by atoms with Gasteiger partial charge in [-0.1, -0.05) is 6.07 Å². The lowest BCUT2D eigenvalue weighted by atomic mass is 9.86. The molecule has 1 spiro atoms. The molecule has 0 aliphatic carbocycles. The van der Waals surface area contributed by atoms with Crippen LogP contribution in [0.4, 0.5) is 0 Å². The molecular formula is C16H20N2O2. The molecule has 3 heterocycles. The van der Waals surface area contributed by atoms with Crippen molar-refractivity contribution in [2.24, 2.45) is 5.41 Å². The summed E-state index contributed by atoms with van der Waals surface area (Å²) in [5.41, 5.74) is 3.55. The number of likely N-dealkylation sites (tertiary alicyclic amines) is 1. The van der Waals surface area contributed by atoms with E-state index in [9.17, 15) is 4.79 Å². The first-order chi connectivity index (χ1) is 9.76. The first-order valence-electron chi connectivity index (χ1n) is 7.45. The molecule has 106 valence electrons. The Labute approximate surface area is 119 Å². The van der Waals surface area contributed by atoms with Crippen molar-refractivity contribution >= 4 is 5.91 Å². The summed E-state index contributed by atoms with van der Waals surface area (Å²) in [6.45, 7) is 5.29. The van der Waals surface area contributed by atoms with Crippen molar-refractivity contribution in [2.75, 3.05) is 26.2 Å². The summed E-state index contributed by atoms with van der Waals surface area (Å²) in [6, 6.07) is 6.01. The maximum atomic E-state index is 12.7. The minimum absolute atomic E-state index is 0.184. The molecule has 20 heavy (non-hydrogen) atoms. The predicted octanol–water partition coefficient (Wildman–Crippen LogP) is 1.54. The van der Waals surface area contributed by atoms with Crippen LogP contribution in [-0.4, -0.2) is 37.0 Å². The molecule has 0 saturated carbocycles. The summed E-state index contributed by atoms with van der Waals surface area (Å²) >= 11 is 0. The van der Waals surface area contributed by atoms with Crippen LogP contribution in [-0.2, 0) is 18.0 Å². The van der Waals surface area contributed by atoms with E-state index >= 15 is 0 Å². The zero-order chi connectivity index (χ0) is 13.6. The molecule has 0 bridgehead atoms. The summed E-state index contributed by atoms with van der Waals surface area (Å²) in [5, 5.41) is 3.43. The molecule has 1 amide bonds. The highest BCUT2D eigenvalue weighted by Crippen LogP contribution is 2.36. The largest absolute Gasteiger partial charge is 0.372 e. The highest BCUT2D eigenvalue weighted by molar-refractivity contribution is 5.94. The number of amides is 1. The van der Waals surface area contributed by atoms with Gasteiger partial charge in [-0.2, -0.15) is 0 Å². The van der Waals surface area contributed by atoms with E-state index in [4.69, 9.17) is 4.74 Å². The van der Waals surface area contributed by atoms with Crippen molar-refractivity contribution in [3.8, 4) is 0 Å². The van der Waals surface area contributed by atoms with Crippen LogP contribution < -0.4 is 5.32 Å². The second-order valence-corrected chi connectivity index (χ2v) is 6.38. The van der Waals surface area contributed by atoms with Gasteiger partial charge in [0.2, 0.25) is 0 Å². The van der Waals surface area contributed by atoms with Gasteiger partial charge in [-0.05, 0) is 42.6 Å². The highest BCUT2D eigenvalue weighted by Gasteiger charge is 2.42. The van der Waals surface area contributed by atoms with Crippen LogP contribution in [0.25, 0.3) is 0 Å². The fraction of sp³-hybridized carbons (Fsp3) is 0.562. The molecule has 4 nitrogen and oxygen atoms in total. The van der Waals surface area contributed by atoms with E-state index in [1.165, 1.54) is 17.5 Å². The molecule has 0 aromatic heterocycles. The summed E-state index contributed by atoms with van der Waals surface area (Å²) < 4.78 is 5.42. The molecular weight excluding hydrogens is 252 g/mol. The van der Waals surface area contributed by atoms with Crippen LogP contribution in [0, 0.1) is 5.41 Å². The molecule has 2 fully saturated rings. The maximum absolute atomic E-state index is 12.7. The third kappa shape index (κ3) is 1.95. The SMILES string of the molecule is O=C(c1ccc2c(c1)COC2)N1CCC2(CCNC2)C1. The number of rotatable bonds is 1. The van der Waals surface area contributed by atoms with Crippen molar-refractivity contribution in [3.63, 3.8) is 0 Å². The quantitative estimate of drug-likeness (QED) is 0.843. The number of nitrogens with zero attached hydrogens (tertiary/aromatic N) is 1. The molecule has 3 aliphatic heterocycles. The Morgan fingerprint density at radius 2 is 2.15 bits per heavy atom. The van der Waals surface area contributed by atoms with Gasteiger partial charge >= 0.3 is 0 Å². The van der Waals surface area contributed by atoms with Gasteiger partial charge in [0.15, 0.2) is 0 Å². The lowest BCUT2D eigenvalue weighted by molar-refractivity contribution is 0.0775. The van der Waals surface area contributed by atoms with E-state index in [1.54, 1.807) is 0 Å². The average Bonchev–Trinajstić information content (AvgIpc) is 3.19. The van der Waals surface area contributed by atoms with Crippen LogP contribution in [0.15, 0.2) is 18.2 Å². The molecule has 1 aromatic carbocycles. The van der Waals surface area contributed by atoms with E-state index in [-0.39, 0.29) is 5.91 Å². The number of carbonyl (C=O) groups is 1. The standard InChI is InChI=1S/C16H20N2O2/c19-15(12-1-2-13-8-20-9-14(13)7-12)18-6-4-16(11-18)3-5-17-10-16/h1-2,7,17H,3-6,8-11H2. The van der Waals surface area contributed by atoms with Crippen molar-refractivity contribution in [1.29, 1.82) is 0 Å². The first kappa shape index (κ1) is 12.4. The van der Waals surface area contributed by atoms with Crippen molar-refractivity contribution in [2.45, 2.75) is 26.1 Å². The second kappa shape index (κ2) is 4.57. The van der Waals surface area contributed by atoms with Crippen LogP contribution in [0.3, 0.4) is 0 Å². The van der Waals surface area contributed by atoms with E-state index in [1.807, 2.05) is 23.1 Å². The molecule has 1 atom stereocenters. The molecule has 2 saturated heterocycles. The van der Waals surface area contributed by atoms with Crippen LogP contribution in [0.1, 0.15) is 34.3 Å². The normalized spacial score (nSPS) is 28.3. The second-order valence-electron chi connectivity index (χ2n) is 6.38. The van der Waals surface area contributed by atoms with Gasteiger partial charge < -0.3 is 15.0 Å². The topological polar surface area (TPSA) is 41.6 Å². The Morgan fingerprint density at radius 1 is 1.25 bits per heavy atom. The highest BCUT2D eigenvalue weighted by atomic mass is 16.5. The van der Waals surface area contributed by atoms with E-state index in [2.05, 4.69) is 5.32 Å². The van der Waals surface area contributed by atoms with Gasteiger partial charge in [0.1, 0.15) is 0 Å². The lowest BCUT2D eigenvalue weighted by Crippen LogP contribution is -2.33. The average molecular weight is 272 g/mol. The molecule has 4 rings (SSSR count). The number of benzene rings is 1. The smallest absolute Gasteiger partial charge is 0.253 e. The van der Waals surface area contributed by atoms with Crippen molar-refractivity contribution in [1.82, 2.24) is 10.2 Å². The van der Waals surface area contributed by atoms with Crippen molar-refractivity contribution in [3.05, 3.63) is 34.9 Å². The summed E-state index contributed by atoms with van der Waals surface area (Å²) in [4.78, 5) is 14.7. The predicted molar refractivity (Wildman–Crippen MR) is 75.4 cm³/mol. The van der Waals surface area contributed by atoms with Crippen LogP contribution >= 0.6 is 0 Å². The fourth-order valence-corrected chi connectivity index (χ4v) is 3.74. The van der Waals surface area contributed by atoms with Gasteiger partial charge in [-0.25, -0.2) is 0 Å². The Kier molecular flexibility index (Phi) is 2.82. The number of ether oxygens (including phenoxy) is 1. The minimum Gasteiger partial charge on any atom is -0.372 e. The summed E-state index contributed by atoms with van der Waals surface area (Å²) in [5.74, 6) is 0.184. The Balaban J connectivity index is 1.53. The third-order valence-electron chi connectivity index (χ3n) is 5.03. The first-order valence-corrected chi connectivity index (χ1v) is 7.45. The Hall–Kier alpha value is -1.39. The Morgan fingerprint density at radius 3 is 3.00 bits per heavy atom. The van der Waals surface area contributed by atoms with Gasteiger partial charge in [0.05, 0.1) is 13.2 Å². The zero-order valence-electron chi connectivity index (χ0n) is 11.7. The fourth-order valence-electron chi connectivity index (χ4n) is 3.74. The molecule has 0 radical (unpaired) electrons. The molecule has 1 aromatic rings. The van der Waals surface area contributed by atoms with Crippen molar-refractivity contribution < 1.29 is 9.53 Å². The lowest BCUT2D eigenvalue weighted by Gasteiger charge is -2.23. The van der Waals surface area contributed by atoms with Gasteiger partial charge in [0.25, 0.3) is 5.91 Å². The maximum Gasteiger partial charge on any atom is 0.253 e. The van der Waals surface area contributed by atoms with Crippen LogP contribution in [0.5, 0.6) is 0 Å². The number of hydrogen-bond acceptors (Lipinski definition) is 3. The number of fused-ring (bicyclic) bond motifs is 1. The van der Waals surface area contributed by atoms with E-state index in [0.717, 1.165) is 38.2 Å². The number of carbonyl (C=O) groups excluding carboxylic acids is 1. The number of nitrogens with one attached hydrogen (secondary N) is 1. The van der Waals surface area contributed by atoms with E-state index in [0.29, 0.717) is 18.6 Å².